The molecule has 0 aliphatic carbocycles. The van der Waals surface area contributed by atoms with Crippen molar-refractivity contribution in [2.24, 2.45) is 0 Å². The summed E-state index contributed by atoms with van der Waals surface area (Å²) < 4.78 is 19.5. The van der Waals surface area contributed by atoms with Crippen molar-refractivity contribution in [2.75, 3.05) is 0 Å². The molecule has 4 heteroatoms. The highest BCUT2D eigenvalue weighted by molar-refractivity contribution is 7.76. The van der Waals surface area contributed by atoms with Crippen LogP contribution in [-0.2, 0) is 4.57 Å². The fourth-order valence-corrected chi connectivity index (χ4v) is 5.13. The van der Waals surface area contributed by atoms with E-state index in [4.69, 9.17) is 4.42 Å². The zero-order valence-corrected chi connectivity index (χ0v) is 14.2. The summed E-state index contributed by atoms with van der Waals surface area (Å²) in [6.07, 6.45) is 4.06. The number of hydrogen-bond acceptors (Lipinski definition) is 2. The van der Waals surface area contributed by atoms with E-state index in [1.165, 1.54) is 0 Å². The second-order valence-electron chi connectivity index (χ2n) is 5.50. The Morgan fingerprint density at radius 1 is 0.958 bits per heavy atom. The van der Waals surface area contributed by atoms with Gasteiger partial charge in [0.2, 0.25) is 7.29 Å². The van der Waals surface area contributed by atoms with Gasteiger partial charge in [-0.2, -0.15) is 0 Å². The first-order valence-electron chi connectivity index (χ1n) is 7.87. The highest BCUT2D eigenvalue weighted by atomic mass is 31.2. The normalized spacial score (nSPS) is 12.7. The summed E-state index contributed by atoms with van der Waals surface area (Å²) in [5.41, 5.74) is 0. The van der Waals surface area contributed by atoms with Crippen LogP contribution >= 0.6 is 7.29 Å². The van der Waals surface area contributed by atoms with Crippen LogP contribution in [0.1, 0.15) is 18.2 Å². The molecule has 1 unspecified atom stereocenters. The summed E-state index contributed by atoms with van der Waals surface area (Å²) in [5, 5.41) is 4.91. The van der Waals surface area contributed by atoms with E-state index in [2.05, 4.69) is 11.7 Å². The summed E-state index contributed by atoms with van der Waals surface area (Å²) in [5.74, 6) is 0.752. The van der Waals surface area contributed by atoms with Crippen molar-refractivity contribution >= 4 is 17.9 Å². The molecular weight excluding hydrogens is 317 g/mol. The summed E-state index contributed by atoms with van der Waals surface area (Å²) in [4.78, 5) is 0. The lowest BCUT2D eigenvalue weighted by molar-refractivity contribution is 0.448. The van der Waals surface area contributed by atoms with Crippen molar-refractivity contribution in [3.63, 3.8) is 0 Å². The predicted octanol–water partition coefficient (Wildman–Crippen LogP) is 4.42. The topological polar surface area (TPSA) is 42.2 Å². The molecule has 24 heavy (non-hydrogen) atoms. The lowest BCUT2D eigenvalue weighted by atomic mass is 10.2. The Morgan fingerprint density at radius 3 is 2.00 bits per heavy atom. The number of nitrogens with one attached hydrogen (secondary N) is 1. The zero-order valence-electron chi connectivity index (χ0n) is 13.3. The van der Waals surface area contributed by atoms with Crippen molar-refractivity contribution in [1.82, 2.24) is 5.09 Å². The Balaban J connectivity index is 2.05. The molecule has 1 atom stereocenters. The Morgan fingerprint density at radius 2 is 1.54 bits per heavy atom. The van der Waals surface area contributed by atoms with E-state index in [0.29, 0.717) is 6.42 Å². The first-order chi connectivity index (χ1) is 11.7. The molecule has 0 aliphatic rings. The van der Waals surface area contributed by atoms with Crippen LogP contribution in [0.4, 0.5) is 0 Å². The zero-order chi connectivity index (χ0) is 16.8. The van der Waals surface area contributed by atoms with Gasteiger partial charge in [0.1, 0.15) is 5.76 Å². The van der Waals surface area contributed by atoms with E-state index in [1.54, 1.807) is 12.3 Å². The molecule has 0 amide bonds. The van der Waals surface area contributed by atoms with E-state index in [1.807, 2.05) is 72.8 Å². The van der Waals surface area contributed by atoms with Crippen LogP contribution in [0.25, 0.3) is 0 Å². The largest absolute Gasteiger partial charge is 0.468 e. The maximum atomic E-state index is 14.0. The average Bonchev–Trinajstić information content (AvgIpc) is 3.17. The molecule has 3 rings (SSSR count). The lowest BCUT2D eigenvalue weighted by Crippen LogP contribution is -2.30. The van der Waals surface area contributed by atoms with Gasteiger partial charge in [0, 0.05) is 10.6 Å². The minimum absolute atomic E-state index is 0.205. The molecule has 122 valence electrons. The maximum Gasteiger partial charge on any atom is 0.205 e. The van der Waals surface area contributed by atoms with Gasteiger partial charge in [0.05, 0.1) is 12.3 Å². The molecule has 0 saturated heterocycles. The fourth-order valence-electron chi connectivity index (χ4n) is 2.68. The molecule has 0 aliphatic heterocycles. The number of hydrogen-bond donors (Lipinski definition) is 1. The molecule has 1 heterocycles. The average molecular weight is 337 g/mol. The molecule has 1 N–H and O–H groups in total. The van der Waals surface area contributed by atoms with Crippen LogP contribution in [0, 0.1) is 0 Å². The quantitative estimate of drug-likeness (QED) is 0.513. The predicted molar refractivity (Wildman–Crippen MR) is 99.2 cm³/mol. The maximum absolute atomic E-state index is 14.0. The second kappa shape index (κ2) is 7.48. The van der Waals surface area contributed by atoms with Gasteiger partial charge in [-0.05, 0) is 42.8 Å². The smallest absolute Gasteiger partial charge is 0.205 e. The molecular formula is C20H20NO2P. The summed E-state index contributed by atoms with van der Waals surface area (Å²) in [7, 11) is -3.01. The minimum atomic E-state index is -3.01. The lowest BCUT2D eigenvalue weighted by Gasteiger charge is -2.25. The van der Waals surface area contributed by atoms with Gasteiger partial charge in [0.15, 0.2) is 0 Å². The SMILES string of the molecule is C=CCC(NP(=O)(c1ccccc1)c1ccccc1)c1ccco1. The number of rotatable bonds is 7. The van der Waals surface area contributed by atoms with Gasteiger partial charge in [0.25, 0.3) is 0 Å². The van der Waals surface area contributed by atoms with Crippen LogP contribution in [-0.4, -0.2) is 0 Å². The summed E-state index contributed by atoms with van der Waals surface area (Å²) >= 11 is 0. The standard InChI is InChI=1S/C20H20NO2P/c1-2-10-19(20-15-9-16-23-20)21-24(22,17-11-5-3-6-12-17)18-13-7-4-8-14-18/h2-9,11-16,19H,1,10H2,(H,21,22). The number of furan rings is 1. The van der Waals surface area contributed by atoms with E-state index < -0.39 is 7.29 Å². The summed E-state index contributed by atoms with van der Waals surface area (Å²) in [6, 6.07) is 22.6. The second-order valence-corrected chi connectivity index (χ2v) is 8.01. The highest BCUT2D eigenvalue weighted by Crippen LogP contribution is 2.42. The highest BCUT2D eigenvalue weighted by Gasteiger charge is 2.31. The van der Waals surface area contributed by atoms with Crippen molar-refractivity contribution in [1.29, 1.82) is 0 Å². The van der Waals surface area contributed by atoms with Crippen LogP contribution in [0.5, 0.6) is 0 Å². The molecule has 2 aromatic carbocycles. The Hall–Kier alpha value is -2.35. The Kier molecular flexibility index (Phi) is 5.14. The summed E-state index contributed by atoms with van der Waals surface area (Å²) in [6.45, 7) is 3.81. The molecule has 0 saturated carbocycles. The molecule has 0 fully saturated rings. The molecule has 0 radical (unpaired) electrons. The Labute approximate surface area is 142 Å². The van der Waals surface area contributed by atoms with Gasteiger partial charge >= 0.3 is 0 Å². The first-order valence-corrected chi connectivity index (χ1v) is 9.58. The monoisotopic (exact) mass is 337 g/mol. The van der Waals surface area contributed by atoms with Gasteiger partial charge in [-0.25, -0.2) is 5.09 Å². The van der Waals surface area contributed by atoms with E-state index in [0.717, 1.165) is 16.4 Å². The van der Waals surface area contributed by atoms with Crippen molar-refractivity contribution in [3.8, 4) is 0 Å². The molecule has 0 spiro atoms. The van der Waals surface area contributed by atoms with Gasteiger partial charge in [-0.1, -0.05) is 42.5 Å². The third-order valence-electron chi connectivity index (χ3n) is 3.87. The molecule has 3 aromatic rings. The first kappa shape index (κ1) is 16.5. The van der Waals surface area contributed by atoms with Crippen molar-refractivity contribution in [3.05, 3.63) is 97.5 Å². The van der Waals surface area contributed by atoms with Gasteiger partial charge < -0.3 is 4.42 Å². The third-order valence-corrected chi connectivity index (χ3v) is 6.59. The molecule has 3 nitrogen and oxygen atoms in total. The Bertz CT molecular complexity index is 770. The third kappa shape index (κ3) is 3.43. The number of benzene rings is 2. The van der Waals surface area contributed by atoms with Crippen LogP contribution < -0.4 is 15.7 Å². The van der Waals surface area contributed by atoms with E-state index in [-0.39, 0.29) is 6.04 Å². The van der Waals surface area contributed by atoms with Gasteiger partial charge in [-0.15, -0.1) is 6.58 Å². The van der Waals surface area contributed by atoms with Crippen molar-refractivity contribution in [2.45, 2.75) is 12.5 Å². The molecule has 1 aromatic heterocycles. The minimum Gasteiger partial charge on any atom is -0.468 e. The van der Waals surface area contributed by atoms with Crippen LogP contribution in [0.3, 0.4) is 0 Å². The van der Waals surface area contributed by atoms with Crippen molar-refractivity contribution < 1.29 is 8.98 Å². The van der Waals surface area contributed by atoms with Crippen LogP contribution in [0.15, 0.2) is 96.1 Å². The van der Waals surface area contributed by atoms with Crippen LogP contribution in [0.2, 0.25) is 0 Å². The van der Waals surface area contributed by atoms with Gasteiger partial charge in [-0.3, -0.25) is 4.57 Å². The van der Waals surface area contributed by atoms with E-state index in [9.17, 15) is 4.57 Å². The molecule has 0 bridgehead atoms. The fraction of sp³-hybridized carbons (Fsp3) is 0.100. The van der Waals surface area contributed by atoms with E-state index >= 15 is 0 Å².